The van der Waals surface area contributed by atoms with Crippen molar-refractivity contribution < 1.29 is 37.0 Å². The first kappa shape index (κ1) is 20.2. The van der Waals surface area contributed by atoms with Crippen LogP contribution < -0.4 is 5.32 Å². The number of alkyl halides is 3. The fraction of sp³-hybridized carbons (Fsp3) is 0.200. The molecule has 152 valence electrons. The third kappa shape index (κ3) is 4.87. The van der Waals surface area contributed by atoms with Crippen molar-refractivity contribution in [3.63, 3.8) is 0 Å². The first-order valence-electron chi connectivity index (χ1n) is 8.50. The maximum absolute atomic E-state index is 12.6. The number of carbonyl (C=O) groups is 2. The number of fused-ring (bicyclic) bond motifs is 1. The summed E-state index contributed by atoms with van der Waals surface area (Å²) in [5.74, 6) is -1.34. The number of hydrogen-bond donors (Lipinski definition) is 2. The van der Waals surface area contributed by atoms with Crippen LogP contribution in [0.4, 0.5) is 18.9 Å². The summed E-state index contributed by atoms with van der Waals surface area (Å²) in [5.41, 5.74) is 0.239. The van der Waals surface area contributed by atoms with Crippen LogP contribution in [-0.4, -0.2) is 23.1 Å². The molecule has 3 aromatic rings. The predicted octanol–water partition coefficient (Wildman–Crippen LogP) is 4.27. The third-order valence-corrected chi connectivity index (χ3v) is 4.13. The van der Waals surface area contributed by atoms with Crippen molar-refractivity contribution in [2.45, 2.75) is 25.6 Å². The highest BCUT2D eigenvalue weighted by atomic mass is 19.4. The van der Waals surface area contributed by atoms with Crippen molar-refractivity contribution in [2.24, 2.45) is 0 Å². The summed E-state index contributed by atoms with van der Waals surface area (Å²) >= 11 is 0. The van der Waals surface area contributed by atoms with E-state index in [1.54, 1.807) is 6.07 Å². The summed E-state index contributed by atoms with van der Waals surface area (Å²) in [6.07, 6.45) is -4.43. The van der Waals surface area contributed by atoms with Crippen molar-refractivity contribution in [1.82, 2.24) is 0 Å². The number of phenolic OH excluding ortho intramolecular Hbond substituents is 1. The zero-order chi connectivity index (χ0) is 21.2. The van der Waals surface area contributed by atoms with Crippen LogP contribution in [0.15, 0.2) is 53.1 Å². The van der Waals surface area contributed by atoms with Gasteiger partial charge in [-0.1, -0.05) is 0 Å². The summed E-state index contributed by atoms with van der Waals surface area (Å²) in [7, 11) is 0. The number of rotatable bonds is 5. The number of ether oxygens (including phenoxy) is 1. The minimum Gasteiger partial charge on any atom is -0.508 e. The normalized spacial score (nSPS) is 12.6. The van der Waals surface area contributed by atoms with Gasteiger partial charge in [-0.15, -0.1) is 0 Å². The average Bonchev–Trinajstić information content (AvgIpc) is 3.03. The van der Waals surface area contributed by atoms with Gasteiger partial charge in [0.2, 0.25) is 0 Å². The SMILES string of the molecule is C[C@H](OC(=O)Cc1coc2cc(O)ccc12)C(=O)Nc1ccc(C(F)(F)F)cc1. The fourth-order valence-electron chi connectivity index (χ4n) is 2.64. The molecule has 0 aliphatic heterocycles. The first-order valence-corrected chi connectivity index (χ1v) is 8.50. The molecule has 0 saturated carbocycles. The van der Waals surface area contributed by atoms with Crippen molar-refractivity contribution in [2.75, 3.05) is 5.32 Å². The van der Waals surface area contributed by atoms with E-state index in [0.29, 0.717) is 16.5 Å². The number of amides is 1. The fourth-order valence-corrected chi connectivity index (χ4v) is 2.64. The zero-order valence-corrected chi connectivity index (χ0v) is 15.1. The lowest BCUT2D eigenvalue weighted by molar-refractivity contribution is -0.152. The Morgan fingerprint density at radius 2 is 1.86 bits per heavy atom. The predicted molar refractivity (Wildman–Crippen MR) is 97.2 cm³/mol. The third-order valence-electron chi connectivity index (χ3n) is 4.13. The number of phenols is 1. The number of esters is 1. The number of anilines is 1. The molecule has 3 rings (SSSR count). The lowest BCUT2D eigenvalue weighted by Crippen LogP contribution is -2.30. The molecule has 1 atom stereocenters. The highest BCUT2D eigenvalue weighted by molar-refractivity contribution is 5.95. The van der Waals surface area contributed by atoms with E-state index in [1.807, 2.05) is 0 Å². The molecule has 9 heteroatoms. The molecule has 1 heterocycles. The monoisotopic (exact) mass is 407 g/mol. The quantitative estimate of drug-likeness (QED) is 0.617. The number of carbonyl (C=O) groups excluding carboxylic acids is 2. The summed E-state index contributed by atoms with van der Waals surface area (Å²) in [6.45, 7) is 1.35. The van der Waals surface area contributed by atoms with Crippen molar-refractivity contribution in [3.8, 4) is 5.75 Å². The van der Waals surface area contributed by atoms with Gasteiger partial charge in [0, 0.05) is 22.7 Å². The van der Waals surface area contributed by atoms with Crippen molar-refractivity contribution in [3.05, 3.63) is 59.9 Å². The van der Waals surface area contributed by atoms with Gasteiger partial charge >= 0.3 is 12.1 Å². The molecule has 2 aromatic carbocycles. The van der Waals surface area contributed by atoms with Gasteiger partial charge in [0.15, 0.2) is 6.10 Å². The number of halogens is 3. The Bertz CT molecular complexity index is 1040. The molecule has 0 bridgehead atoms. The van der Waals surface area contributed by atoms with E-state index in [-0.39, 0.29) is 17.9 Å². The Labute approximate surface area is 162 Å². The van der Waals surface area contributed by atoms with Crippen LogP contribution in [0.3, 0.4) is 0 Å². The van der Waals surface area contributed by atoms with Gasteiger partial charge in [-0.2, -0.15) is 13.2 Å². The minimum atomic E-state index is -4.47. The lowest BCUT2D eigenvalue weighted by atomic mass is 10.1. The summed E-state index contributed by atoms with van der Waals surface area (Å²) in [5, 5.41) is 12.4. The van der Waals surface area contributed by atoms with E-state index in [4.69, 9.17) is 9.15 Å². The summed E-state index contributed by atoms with van der Waals surface area (Å²) < 4.78 is 48.0. The van der Waals surface area contributed by atoms with E-state index < -0.39 is 29.7 Å². The number of furan rings is 1. The Kier molecular flexibility index (Phi) is 5.49. The van der Waals surface area contributed by atoms with Gasteiger partial charge in [0.1, 0.15) is 11.3 Å². The van der Waals surface area contributed by atoms with Crippen molar-refractivity contribution in [1.29, 1.82) is 0 Å². The second-order valence-corrected chi connectivity index (χ2v) is 6.31. The smallest absolute Gasteiger partial charge is 0.416 e. The maximum Gasteiger partial charge on any atom is 0.416 e. The highest BCUT2D eigenvalue weighted by Gasteiger charge is 2.30. The standard InChI is InChI=1S/C20H16F3NO5/c1-11(19(27)24-14-4-2-13(3-5-14)20(21,22)23)29-18(26)8-12-10-28-17-9-15(25)6-7-16(12)17/h2-7,9-11,25H,8H2,1H3,(H,24,27)/t11-/m0/s1. The maximum atomic E-state index is 12.6. The van der Waals surface area contributed by atoms with E-state index in [9.17, 15) is 27.9 Å². The number of nitrogens with one attached hydrogen (secondary N) is 1. The van der Waals surface area contributed by atoms with Crippen LogP contribution >= 0.6 is 0 Å². The lowest BCUT2D eigenvalue weighted by Gasteiger charge is -2.14. The number of benzene rings is 2. The van der Waals surface area contributed by atoms with Gasteiger partial charge in [0.05, 0.1) is 18.2 Å². The van der Waals surface area contributed by atoms with Gasteiger partial charge in [-0.25, -0.2) is 0 Å². The van der Waals surface area contributed by atoms with Crippen LogP contribution in [0, 0.1) is 0 Å². The Hall–Kier alpha value is -3.49. The molecule has 0 fully saturated rings. The van der Waals surface area contributed by atoms with Gasteiger partial charge in [-0.05, 0) is 43.3 Å². The molecule has 1 amide bonds. The van der Waals surface area contributed by atoms with Crippen LogP contribution in [0.5, 0.6) is 5.75 Å². The van der Waals surface area contributed by atoms with E-state index >= 15 is 0 Å². The highest BCUT2D eigenvalue weighted by Crippen LogP contribution is 2.30. The zero-order valence-electron chi connectivity index (χ0n) is 15.1. The van der Waals surface area contributed by atoms with Crippen LogP contribution in [0.2, 0.25) is 0 Å². The molecule has 0 spiro atoms. The molecule has 0 radical (unpaired) electrons. The minimum absolute atomic E-state index is 0.0227. The Morgan fingerprint density at radius 1 is 1.17 bits per heavy atom. The largest absolute Gasteiger partial charge is 0.508 e. The van der Waals surface area contributed by atoms with Gasteiger partial charge < -0.3 is 19.6 Å². The summed E-state index contributed by atoms with van der Waals surface area (Å²) in [4.78, 5) is 24.3. The van der Waals surface area contributed by atoms with Crippen LogP contribution in [-0.2, 0) is 26.9 Å². The van der Waals surface area contributed by atoms with E-state index in [0.717, 1.165) is 24.3 Å². The topological polar surface area (TPSA) is 88.8 Å². The van der Waals surface area contributed by atoms with Crippen LogP contribution in [0.25, 0.3) is 11.0 Å². The van der Waals surface area contributed by atoms with Gasteiger partial charge in [-0.3, -0.25) is 9.59 Å². The van der Waals surface area contributed by atoms with E-state index in [2.05, 4.69) is 5.32 Å². The molecule has 0 saturated heterocycles. The second-order valence-electron chi connectivity index (χ2n) is 6.31. The van der Waals surface area contributed by atoms with E-state index in [1.165, 1.54) is 25.3 Å². The number of hydrogen-bond acceptors (Lipinski definition) is 5. The molecule has 0 aliphatic rings. The molecule has 6 nitrogen and oxygen atoms in total. The molecule has 2 N–H and O–H groups in total. The molecular formula is C20H16F3NO5. The molecule has 1 aromatic heterocycles. The van der Waals surface area contributed by atoms with Gasteiger partial charge in [0.25, 0.3) is 5.91 Å². The molecule has 0 aliphatic carbocycles. The molecule has 29 heavy (non-hydrogen) atoms. The molecular weight excluding hydrogens is 391 g/mol. The van der Waals surface area contributed by atoms with Crippen molar-refractivity contribution >= 4 is 28.5 Å². The molecule has 0 unspecified atom stereocenters. The second kappa shape index (κ2) is 7.86. The number of aromatic hydroxyl groups is 1. The Morgan fingerprint density at radius 3 is 2.52 bits per heavy atom. The first-order chi connectivity index (χ1) is 13.6. The average molecular weight is 407 g/mol. The van der Waals surface area contributed by atoms with Crippen LogP contribution in [0.1, 0.15) is 18.1 Å². The summed E-state index contributed by atoms with van der Waals surface area (Å²) in [6, 6.07) is 8.36. The Balaban J connectivity index is 1.58.